The van der Waals surface area contributed by atoms with E-state index >= 15 is 0 Å². The van der Waals surface area contributed by atoms with Gasteiger partial charge in [0.05, 0.1) is 6.26 Å². The summed E-state index contributed by atoms with van der Waals surface area (Å²) in [5.41, 5.74) is 7.13. The molecule has 1 aromatic rings. The van der Waals surface area contributed by atoms with Crippen LogP contribution in [0.2, 0.25) is 0 Å². The van der Waals surface area contributed by atoms with Crippen LogP contribution in [0.3, 0.4) is 0 Å². The van der Waals surface area contributed by atoms with Crippen molar-refractivity contribution in [3.05, 3.63) is 23.7 Å². The Morgan fingerprint density at radius 2 is 2.11 bits per heavy atom. The molecule has 2 rings (SSSR count). The molecule has 2 N–H and O–H groups in total. The first kappa shape index (κ1) is 14.1. The molecular formula is C15H24N2O2. The van der Waals surface area contributed by atoms with Gasteiger partial charge in [-0.15, -0.1) is 0 Å². The molecule has 1 aliphatic rings. The summed E-state index contributed by atoms with van der Waals surface area (Å²) in [6, 6.07) is 1.69. The van der Waals surface area contributed by atoms with Crippen LogP contribution in [0.1, 0.15) is 57.4 Å². The van der Waals surface area contributed by atoms with Crippen molar-refractivity contribution >= 4 is 5.91 Å². The Labute approximate surface area is 114 Å². The number of hydrogen-bond acceptors (Lipinski definition) is 3. The Morgan fingerprint density at radius 3 is 2.63 bits per heavy atom. The summed E-state index contributed by atoms with van der Waals surface area (Å²) in [5, 5.41) is 0. The molecule has 0 aliphatic carbocycles. The lowest BCUT2D eigenvalue weighted by atomic mass is 9.95. The van der Waals surface area contributed by atoms with E-state index in [9.17, 15) is 4.79 Å². The quantitative estimate of drug-likeness (QED) is 0.848. The summed E-state index contributed by atoms with van der Waals surface area (Å²) in [6.45, 7) is 8.15. The summed E-state index contributed by atoms with van der Waals surface area (Å²) < 4.78 is 5.63. The molecule has 1 fully saturated rings. The van der Waals surface area contributed by atoms with Gasteiger partial charge in [-0.3, -0.25) is 4.79 Å². The zero-order valence-corrected chi connectivity index (χ0v) is 12.3. The van der Waals surface area contributed by atoms with Gasteiger partial charge in [0, 0.05) is 18.0 Å². The van der Waals surface area contributed by atoms with Gasteiger partial charge in [-0.1, -0.05) is 0 Å². The summed E-state index contributed by atoms with van der Waals surface area (Å²) >= 11 is 0. The molecule has 0 aromatic carbocycles. The third-order valence-corrected chi connectivity index (χ3v) is 3.77. The normalized spacial score (nSPS) is 25.5. The van der Waals surface area contributed by atoms with Crippen LogP contribution in [-0.2, 0) is 4.79 Å². The number of aryl methyl sites for hydroxylation is 1. The Balaban J connectivity index is 2.49. The molecular weight excluding hydrogens is 240 g/mol. The summed E-state index contributed by atoms with van der Waals surface area (Å²) in [5.74, 6) is 0.999. The maximum atomic E-state index is 12.5. The van der Waals surface area contributed by atoms with Crippen LogP contribution in [0.4, 0.5) is 0 Å². The predicted octanol–water partition coefficient (Wildman–Crippen LogP) is 2.77. The molecule has 4 heteroatoms. The molecule has 0 saturated carbocycles. The zero-order chi connectivity index (χ0) is 14.2. The average molecular weight is 264 g/mol. The van der Waals surface area contributed by atoms with Crippen LogP contribution in [0.25, 0.3) is 0 Å². The number of hydrogen-bond donors (Lipinski definition) is 1. The van der Waals surface area contributed by atoms with E-state index in [1.54, 1.807) is 6.26 Å². The second-order valence-corrected chi connectivity index (χ2v) is 6.40. The van der Waals surface area contributed by atoms with Gasteiger partial charge >= 0.3 is 0 Å². The lowest BCUT2D eigenvalue weighted by molar-refractivity contribution is -0.139. The van der Waals surface area contributed by atoms with Gasteiger partial charge in [0.15, 0.2) is 0 Å². The van der Waals surface area contributed by atoms with Crippen molar-refractivity contribution in [2.75, 3.05) is 0 Å². The Bertz CT molecular complexity index is 459. The molecule has 2 atom stereocenters. The first-order chi connectivity index (χ1) is 8.82. The largest absolute Gasteiger partial charge is 0.467 e. The molecule has 106 valence electrons. The third kappa shape index (κ3) is 2.68. The number of likely N-dealkylation sites (tertiary alicyclic amines) is 1. The number of carbonyl (C=O) groups is 1. The SMILES string of the molecule is Cc1ccoc1C1C(N)CCCC(=O)N1C(C)(C)C. The molecule has 4 nitrogen and oxygen atoms in total. The van der Waals surface area contributed by atoms with Gasteiger partial charge in [0.1, 0.15) is 11.8 Å². The maximum Gasteiger partial charge on any atom is 0.223 e. The van der Waals surface area contributed by atoms with Gasteiger partial charge in [0.25, 0.3) is 0 Å². The van der Waals surface area contributed by atoms with Crippen molar-refractivity contribution in [3.8, 4) is 0 Å². The molecule has 1 amide bonds. The van der Waals surface area contributed by atoms with Crippen LogP contribution < -0.4 is 5.73 Å². The first-order valence-electron chi connectivity index (χ1n) is 6.94. The number of nitrogens with two attached hydrogens (primary N) is 1. The Hall–Kier alpha value is -1.29. The topological polar surface area (TPSA) is 59.5 Å². The number of rotatable bonds is 1. The van der Waals surface area contributed by atoms with Crippen molar-refractivity contribution in [3.63, 3.8) is 0 Å². The van der Waals surface area contributed by atoms with Crippen LogP contribution >= 0.6 is 0 Å². The lowest BCUT2D eigenvalue weighted by Gasteiger charge is -2.42. The minimum absolute atomic E-state index is 0.0736. The highest BCUT2D eigenvalue weighted by molar-refractivity contribution is 5.78. The predicted molar refractivity (Wildman–Crippen MR) is 74.6 cm³/mol. The van der Waals surface area contributed by atoms with Crippen LogP contribution in [0.15, 0.2) is 16.7 Å². The minimum Gasteiger partial charge on any atom is -0.467 e. The van der Waals surface area contributed by atoms with E-state index in [0.717, 1.165) is 24.2 Å². The van der Waals surface area contributed by atoms with Crippen molar-refractivity contribution in [1.29, 1.82) is 0 Å². The van der Waals surface area contributed by atoms with E-state index in [1.807, 2.05) is 38.7 Å². The van der Waals surface area contributed by atoms with E-state index in [4.69, 9.17) is 10.2 Å². The van der Waals surface area contributed by atoms with E-state index in [-0.39, 0.29) is 23.5 Å². The number of carbonyl (C=O) groups excluding carboxylic acids is 1. The lowest BCUT2D eigenvalue weighted by Crippen LogP contribution is -2.51. The maximum absolute atomic E-state index is 12.5. The first-order valence-corrected chi connectivity index (χ1v) is 6.94. The second kappa shape index (κ2) is 5.00. The molecule has 0 radical (unpaired) electrons. The van der Waals surface area contributed by atoms with Gasteiger partial charge < -0.3 is 15.1 Å². The monoisotopic (exact) mass is 264 g/mol. The Kier molecular flexibility index (Phi) is 3.72. The van der Waals surface area contributed by atoms with E-state index in [1.165, 1.54) is 0 Å². The summed E-state index contributed by atoms with van der Waals surface area (Å²) in [7, 11) is 0. The molecule has 0 spiro atoms. The van der Waals surface area contributed by atoms with Gasteiger partial charge in [-0.05, 0) is 52.2 Å². The highest BCUT2D eigenvalue weighted by atomic mass is 16.3. The van der Waals surface area contributed by atoms with Crippen LogP contribution in [0.5, 0.6) is 0 Å². The zero-order valence-electron chi connectivity index (χ0n) is 12.3. The minimum atomic E-state index is -0.261. The fourth-order valence-electron chi connectivity index (χ4n) is 2.90. The molecule has 0 bridgehead atoms. The molecule has 1 aliphatic heterocycles. The van der Waals surface area contributed by atoms with E-state index in [0.29, 0.717) is 6.42 Å². The van der Waals surface area contributed by atoms with Crippen LogP contribution in [0, 0.1) is 6.92 Å². The Morgan fingerprint density at radius 1 is 1.42 bits per heavy atom. The highest BCUT2D eigenvalue weighted by Gasteiger charge is 2.40. The van der Waals surface area contributed by atoms with Crippen molar-refractivity contribution in [2.45, 2.75) is 64.6 Å². The highest BCUT2D eigenvalue weighted by Crippen LogP contribution is 2.36. The van der Waals surface area contributed by atoms with Crippen molar-refractivity contribution in [2.24, 2.45) is 5.73 Å². The summed E-state index contributed by atoms with van der Waals surface area (Å²) in [6.07, 6.45) is 3.95. The van der Waals surface area contributed by atoms with Gasteiger partial charge in [0.2, 0.25) is 5.91 Å². The second-order valence-electron chi connectivity index (χ2n) is 6.40. The van der Waals surface area contributed by atoms with Gasteiger partial charge in [-0.2, -0.15) is 0 Å². The van der Waals surface area contributed by atoms with Crippen LogP contribution in [-0.4, -0.2) is 22.4 Å². The molecule has 19 heavy (non-hydrogen) atoms. The van der Waals surface area contributed by atoms with E-state index < -0.39 is 0 Å². The fourth-order valence-corrected chi connectivity index (χ4v) is 2.90. The molecule has 1 saturated heterocycles. The number of nitrogens with zero attached hydrogens (tertiary/aromatic N) is 1. The van der Waals surface area contributed by atoms with Crippen molar-refractivity contribution < 1.29 is 9.21 Å². The fraction of sp³-hybridized carbons (Fsp3) is 0.667. The number of furan rings is 1. The molecule has 2 heterocycles. The smallest absolute Gasteiger partial charge is 0.223 e. The van der Waals surface area contributed by atoms with Gasteiger partial charge in [-0.25, -0.2) is 0 Å². The van der Waals surface area contributed by atoms with Crippen molar-refractivity contribution in [1.82, 2.24) is 4.90 Å². The number of amides is 1. The average Bonchev–Trinajstić information content (AvgIpc) is 2.62. The van der Waals surface area contributed by atoms with E-state index in [2.05, 4.69) is 0 Å². The third-order valence-electron chi connectivity index (χ3n) is 3.77. The molecule has 2 unspecified atom stereocenters. The standard InChI is InChI=1S/C15H24N2O2/c1-10-8-9-19-14(10)13-11(16)6-5-7-12(18)17(13)15(2,3)4/h8-9,11,13H,5-7,16H2,1-4H3. The molecule has 1 aromatic heterocycles. The summed E-state index contributed by atoms with van der Waals surface area (Å²) in [4.78, 5) is 14.4.